The summed E-state index contributed by atoms with van der Waals surface area (Å²) in [7, 11) is 1.29. The van der Waals surface area contributed by atoms with Gasteiger partial charge in [-0.05, 0) is 31.2 Å². The van der Waals surface area contributed by atoms with E-state index in [-0.39, 0.29) is 24.0 Å². The van der Waals surface area contributed by atoms with Crippen molar-refractivity contribution >= 4 is 17.8 Å². The molecule has 30 heavy (non-hydrogen) atoms. The van der Waals surface area contributed by atoms with E-state index in [1.807, 2.05) is 35.2 Å². The number of carboxylic acid groups (broad SMARTS) is 1. The van der Waals surface area contributed by atoms with Crippen LogP contribution in [0.15, 0.2) is 30.3 Å². The van der Waals surface area contributed by atoms with Crippen LogP contribution in [0.5, 0.6) is 0 Å². The molecule has 1 aliphatic carbocycles. The van der Waals surface area contributed by atoms with Gasteiger partial charge in [-0.1, -0.05) is 49.6 Å². The van der Waals surface area contributed by atoms with Crippen LogP contribution in [-0.2, 0) is 19.1 Å². The Hall–Kier alpha value is -2.41. The summed E-state index contributed by atoms with van der Waals surface area (Å²) in [5.74, 6) is -3.20. The van der Waals surface area contributed by atoms with Crippen LogP contribution in [0.3, 0.4) is 0 Å². The number of carbonyl (C=O) groups excluding carboxylic acids is 2. The molecule has 3 aliphatic rings. The van der Waals surface area contributed by atoms with Crippen molar-refractivity contribution in [1.29, 1.82) is 0 Å². The minimum Gasteiger partial charge on any atom is -0.481 e. The highest BCUT2D eigenvalue weighted by Gasteiger charge is 2.61. The van der Waals surface area contributed by atoms with Gasteiger partial charge in [0, 0.05) is 18.1 Å². The van der Waals surface area contributed by atoms with E-state index in [0.717, 1.165) is 31.2 Å². The summed E-state index contributed by atoms with van der Waals surface area (Å²) in [6.45, 7) is 0. The van der Waals surface area contributed by atoms with Crippen LogP contribution >= 0.6 is 0 Å². The maximum atomic E-state index is 13.5. The van der Waals surface area contributed by atoms with E-state index in [1.165, 1.54) is 13.5 Å². The second-order valence-electron chi connectivity index (χ2n) is 8.73. The number of hydrogen-bond acceptors (Lipinski definition) is 5. The Bertz CT molecular complexity index is 792. The average molecular weight is 415 g/mol. The number of hydrogen-bond donors (Lipinski definition) is 2. The summed E-state index contributed by atoms with van der Waals surface area (Å²) in [5, 5.41) is 13.1. The molecular weight excluding hydrogens is 384 g/mol. The van der Waals surface area contributed by atoms with E-state index in [0.29, 0.717) is 12.8 Å². The molecule has 162 valence electrons. The number of fused-ring (bicyclic) bond motifs is 2. The van der Waals surface area contributed by atoms with Gasteiger partial charge in [0.2, 0.25) is 5.91 Å². The average Bonchev–Trinajstić information content (AvgIpc) is 3.30. The van der Waals surface area contributed by atoms with E-state index < -0.39 is 29.8 Å². The van der Waals surface area contributed by atoms with Gasteiger partial charge in [-0.2, -0.15) is 0 Å². The zero-order chi connectivity index (χ0) is 21.3. The number of methoxy groups -OCH3 is 1. The van der Waals surface area contributed by atoms with Gasteiger partial charge in [-0.15, -0.1) is 0 Å². The third-order valence-electron chi connectivity index (χ3n) is 7.11. The Morgan fingerprint density at radius 3 is 2.23 bits per heavy atom. The predicted molar refractivity (Wildman–Crippen MR) is 109 cm³/mol. The van der Waals surface area contributed by atoms with Gasteiger partial charge in [0.15, 0.2) is 0 Å². The molecule has 1 aromatic rings. The van der Waals surface area contributed by atoms with Gasteiger partial charge in [0.05, 0.1) is 18.9 Å². The number of ether oxygens (including phenoxy) is 1. The molecule has 0 spiro atoms. The van der Waals surface area contributed by atoms with E-state index in [2.05, 4.69) is 5.32 Å². The largest absolute Gasteiger partial charge is 0.481 e. The molecule has 1 amide bonds. The Morgan fingerprint density at radius 1 is 1.00 bits per heavy atom. The van der Waals surface area contributed by atoms with Gasteiger partial charge in [-0.25, -0.2) is 0 Å². The molecule has 2 aliphatic heterocycles. The fraction of sp³-hybridized carbons (Fsp3) is 0.609. The summed E-state index contributed by atoms with van der Waals surface area (Å²) >= 11 is 0. The maximum absolute atomic E-state index is 13.5. The van der Waals surface area contributed by atoms with Crippen molar-refractivity contribution in [2.75, 3.05) is 7.11 Å². The second-order valence-corrected chi connectivity index (χ2v) is 8.73. The van der Waals surface area contributed by atoms with Crippen molar-refractivity contribution < 1.29 is 24.2 Å². The van der Waals surface area contributed by atoms with Crippen molar-refractivity contribution in [3.63, 3.8) is 0 Å². The Labute approximate surface area is 176 Å². The standard InChI is InChI=1S/C23H30N2O5/c1-30-23(29)19-17-13-12-16(18(19)22(27)28)25(17)20(14-8-4-2-5-9-14)21(26)24-15-10-6-3-7-11-15/h2,4-5,8-9,15-20H,3,6-7,10-13H2,1H3,(H,24,26)(H,27,28)/t16-,17+,18+,19+,20?/m0/s1. The predicted octanol–water partition coefficient (Wildman–Crippen LogP) is 2.51. The monoisotopic (exact) mass is 414 g/mol. The lowest BCUT2D eigenvalue weighted by molar-refractivity contribution is -0.156. The molecule has 2 bridgehead atoms. The zero-order valence-electron chi connectivity index (χ0n) is 17.3. The van der Waals surface area contributed by atoms with Crippen molar-refractivity contribution in [3.8, 4) is 0 Å². The number of rotatable bonds is 6. The fourth-order valence-electron chi connectivity index (χ4n) is 5.86. The Morgan fingerprint density at radius 2 is 1.63 bits per heavy atom. The number of amides is 1. The molecule has 4 rings (SSSR count). The van der Waals surface area contributed by atoms with E-state index >= 15 is 0 Å². The molecule has 2 saturated heterocycles. The number of esters is 1. The molecule has 0 radical (unpaired) electrons. The fourth-order valence-corrected chi connectivity index (χ4v) is 5.86. The molecule has 2 heterocycles. The summed E-state index contributed by atoms with van der Waals surface area (Å²) in [6, 6.07) is 8.37. The molecule has 5 atom stereocenters. The molecule has 0 aromatic heterocycles. The normalized spacial score (nSPS) is 30.0. The molecular formula is C23H30N2O5. The number of benzene rings is 1. The molecule has 1 aromatic carbocycles. The molecule has 7 nitrogen and oxygen atoms in total. The lowest BCUT2D eigenvalue weighted by atomic mass is 9.79. The van der Waals surface area contributed by atoms with Crippen LogP contribution in [0.4, 0.5) is 0 Å². The molecule has 1 saturated carbocycles. The Balaban J connectivity index is 1.67. The van der Waals surface area contributed by atoms with Crippen molar-refractivity contribution in [3.05, 3.63) is 35.9 Å². The first-order chi connectivity index (χ1) is 14.5. The first-order valence-electron chi connectivity index (χ1n) is 11.0. The summed E-state index contributed by atoms with van der Waals surface area (Å²) in [6.07, 6.45) is 6.73. The highest BCUT2D eigenvalue weighted by atomic mass is 16.5. The SMILES string of the molecule is COC(=O)[C@H]1[C@H](C(=O)O)[C@@H]2CC[C@H]1N2C(C(=O)NC1CCCCC1)c1ccccc1. The summed E-state index contributed by atoms with van der Waals surface area (Å²) in [4.78, 5) is 40.1. The third kappa shape index (κ3) is 3.71. The maximum Gasteiger partial charge on any atom is 0.311 e. The van der Waals surface area contributed by atoms with Gasteiger partial charge in [0.1, 0.15) is 6.04 Å². The number of carbonyl (C=O) groups is 3. The van der Waals surface area contributed by atoms with Gasteiger partial charge >= 0.3 is 11.9 Å². The summed E-state index contributed by atoms with van der Waals surface area (Å²) in [5.41, 5.74) is 0.831. The lowest BCUT2D eigenvalue weighted by Gasteiger charge is -2.34. The smallest absolute Gasteiger partial charge is 0.311 e. The lowest BCUT2D eigenvalue weighted by Crippen LogP contribution is -2.47. The minimum atomic E-state index is -0.998. The molecule has 1 unspecified atom stereocenters. The second kappa shape index (κ2) is 8.76. The quantitative estimate of drug-likeness (QED) is 0.695. The van der Waals surface area contributed by atoms with Gasteiger partial charge in [-0.3, -0.25) is 19.3 Å². The van der Waals surface area contributed by atoms with Crippen molar-refractivity contribution in [1.82, 2.24) is 10.2 Å². The highest BCUT2D eigenvalue weighted by molar-refractivity contribution is 5.86. The molecule has 2 N–H and O–H groups in total. The molecule has 7 heteroatoms. The van der Waals surface area contributed by atoms with Crippen molar-refractivity contribution in [2.24, 2.45) is 11.8 Å². The highest BCUT2D eigenvalue weighted by Crippen LogP contribution is 2.50. The van der Waals surface area contributed by atoms with E-state index in [1.54, 1.807) is 0 Å². The summed E-state index contributed by atoms with van der Waals surface area (Å²) < 4.78 is 4.95. The Kier molecular flexibility index (Phi) is 6.09. The van der Waals surface area contributed by atoms with Crippen LogP contribution in [-0.4, -0.2) is 53.1 Å². The van der Waals surface area contributed by atoms with Crippen molar-refractivity contribution in [2.45, 2.75) is 69.1 Å². The van der Waals surface area contributed by atoms with E-state index in [9.17, 15) is 19.5 Å². The molecule has 3 fully saturated rings. The van der Waals surface area contributed by atoms with Crippen LogP contribution in [0, 0.1) is 11.8 Å². The third-order valence-corrected chi connectivity index (χ3v) is 7.11. The van der Waals surface area contributed by atoms with Crippen LogP contribution < -0.4 is 5.32 Å². The minimum absolute atomic E-state index is 0.0975. The zero-order valence-corrected chi connectivity index (χ0v) is 17.3. The number of nitrogens with zero attached hydrogens (tertiary/aromatic N) is 1. The number of aliphatic carboxylic acids is 1. The first kappa shape index (κ1) is 20.8. The van der Waals surface area contributed by atoms with Crippen LogP contribution in [0.1, 0.15) is 56.6 Å². The number of nitrogens with one attached hydrogen (secondary N) is 1. The first-order valence-corrected chi connectivity index (χ1v) is 11.0. The topological polar surface area (TPSA) is 95.9 Å². The van der Waals surface area contributed by atoms with Gasteiger partial charge < -0.3 is 15.2 Å². The van der Waals surface area contributed by atoms with E-state index in [4.69, 9.17) is 4.74 Å². The van der Waals surface area contributed by atoms with Gasteiger partial charge in [0.25, 0.3) is 0 Å². The van der Waals surface area contributed by atoms with Crippen LogP contribution in [0.2, 0.25) is 0 Å². The van der Waals surface area contributed by atoms with Crippen LogP contribution in [0.25, 0.3) is 0 Å². The number of carboxylic acids is 1.